The summed E-state index contributed by atoms with van der Waals surface area (Å²) >= 11 is 0. The van der Waals surface area contributed by atoms with Gasteiger partial charge in [-0.1, -0.05) is 0 Å². The normalized spacial score (nSPS) is 15.5. The highest BCUT2D eigenvalue weighted by atomic mass is 16.2. The van der Waals surface area contributed by atoms with E-state index < -0.39 is 5.41 Å². The molecule has 2 amide bonds. The van der Waals surface area contributed by atoms with Crippen molar-refractivity contribution in [1.82, 2.24) is 15.0 Å². The number of nitrogens with zero attached hydrogens (tertiary/aromatic N) is 3. The third kappa shape index (κ3) is 2.27. The van der Waals surface area contributed by atoms with Gasteiger partial charge in [0.15, 0.2) is 0 Å². The number of rotatable bonds is 2. The molecule has 0 spiro atoms. The minimum atomic E-state index is -0.581. The first-order valence-corrected chi connectivity index (χ1v) is 7.92. The molecule has 2 aromatic heterocycles. The van der Waals surface area contributed by atoms with E-state index in [0.29, 0.717) is 17.0 Å². The number of imidazole rings is 1. The molecule has 1 aliphatic heterocycles. The van der Waals surface area contributed by atoms with Gasteiger partial charge >= 0.3 is 0 Å². The molecule has 4 rings (SSSR count). The van der Waals surface area contributed by atoms with Crippen LogP contribution in [0.4, 0.5) is 11.6 Å². The highest BCUT2D eigenvalue weighted by molar-refractivity contribution is 6.09. The van der Waals surface area contributed by atoms with E-state index in [1.807, 2.05) is 26.0 Å². The fourth-order valence-corrected chi connectivity index (χ4v) is 3.20. The number of fused-ring (bicyclic) bond motifs is 2. The van der Waals surface area contributed by atoms with Gasteiger partial charge in [-0.3, -0.25) is 19.9 Å². The van der Waals surface area contributed by atoms with E-state index >= 15 is 0 Å². The highest BCUT2D eigenvalue weighted by Gasteiger charge is 2.42. The number of hydrogen-bond acceptors (Lipinski definition) is 4. The van der Waals surface area contributed by atoms with Gasteiger partial charge in [-0.15, -0.1) is 0 Å². The molecule has 0 atom stereocenters. The summed E-state index contributed by atoms with van der Waals surface area (Å²) in [6.07, 6.45) is 3.11. The molecule has 0 aliphatic carbocycles. The Labute approximate surface area is 144 Å². The number of carbonyl (C=O) groups is 2. The van der Waals surface area contributed by atoms with Crippen LogP contribution < -0.4 is 10.2 Å². The lowest BCUT2D eigenvalue weighted by Gasteiger charge is -2.16. The van der Waals surface area contributed by atoms with Gasteiger partial charge in [0.05, 0.1) is 22.0 Å². The molecule has 3 heterocycles. The third-order valence-electron chi connectivity index (χ3n) is 4.63. The van der Waals surface area contributed by atoms with Crippen molar-refractivity contribution in [3.8, 4) is 0 Å². The number of carbonyl (C=O) groups excluding carboxylic acids is 2. The fourth-order valence-electron chi connectivity index (χ4n) is 3.20. The molecule has 1 aromatic carbocycles. The van der Waals surface area contributed by atoms with Crippen molar-refractivity contribution in [2.75, 3.05) is 17.3 Å². The molecule has 0 saturated heterocycles. The third-order valence-corrected chi connectivity index (χ3v) is 4.63. The summed E-state index contributed by atoms with van der Waals surface area (Å²) in [7, 11) is 1.76. The predicted octanol–water partition coefficient (Wildman–Crippen LogP) is 2.46. The summed E-state index contributed by atoms with van der Waals surface area (Å²) in [5.74, 6) is 0.131. The van der Waals surface area contributed by atoms with Crippen LogP contribution in [0.2, 0.25) is 0 Å². The van der Waals surface area contributed by atoms with Gasteiger partial charge in [-0.05, 0) is 43.7 Å². The standard InChI is InChI=1S/C18H17N5O2/c1-18(2)11-7-12-13(8-14(11)23(3)16(18)25)21-17(20-12)22-15(24)10-5-4-6-19-9-10/h4-9H,1-3H3,(H2,20,21,22,24). The highest BCUT2D eigenvalue weighted by Crippen LogP contribution is 2.42. The van der Waals surface area contributed by atoms with E-state index in [-0.39, 0.29) is 11.8 Å². The molecule has 126 valence electrons. The lowest BCUT2D eigenvalue weighted by molar-refractivity contribution is -0.121. The summed E-state index contributed by atoms with van der Waals surface area (Å²) in [5, 5.41) is 2.74. The molecule has 7 nitrogen and oxygen atoms in total. The van der Waals surface area contributed by atoms with Crippen LogP contribution in [0.3, 0.4) is 0 Å². The first-order chi connectivity index (χ1) is 11.9. The zero-order chi connectivity index (χ0) is 17.8. The van der Waals surface area contributed by atoms with E-state index in [1.54, 1.807) is 30.3 Å². The van der Waals surface area contributed by atoms with Crippen molar-refractivity contribution in [1.29, 1.82) is 0 Å². The lowest BCUT2D eigenvalue weighted by atomic mass is 9.86. The van der Waals surface area contributed by atoms with Crippen molar-refractivity contribution in [2.45, 2.75) is 19.3 Å². The number of H-pyrrole nitrogens is 1. The van der Waals surface area contributed by atoms with Crippen LogP contribution in [0.25, 0.3) is 11.0 Å². The van der Waals surface area contributed by atoms with Gasteiger partial charge in [-0.25, -0.2) is 4.98 Å². The smallest absolute Gasteiger partial charge is 0.259 e. The summed E-state index contributed by atoms with van der Waals surface area (Å²) in [4.78, 5) is 37.7. The second-order valence-electron chi connectivity index (χ2n) is 6.66. The molecule has 0 unspecified atom stereocenters. The van der Waals surface area contributed by atoms with Crippen LogP contribution in [0, 0.1) is 0 Å². The second-order valence-corrected chi connectivity index (χ2v) is 6.66. The fraction of sp³-hybridized carbons (Fsp3) is 0.222. The number of benzene rings is 1. The topological polar surface area (TPSA) is 91.0 Å². The molecule has 0 bridgehead atoms. The Hall–Kier alpha value is -3.22. The maximum Gasteiger partial charge on any atom is 0.259 e. The quantitative estimate of drug-likeness (QED) is 0.752. The Kier molecular flexibility index (Phi) is 3.15. The summed E-state index contributed by atoms with van der Waals surface area (Å²) in [5.41, 5.74) is 3.13. The van der Waals surface area contributed by atoms with Crippen molar-refractivity contribution in [2.24, 2.45) is 0 Å². The van der Waals surface area contributed by atoms with Gasteiger partial charge in [0.25, 0.3) is 5.91 Å². The van der Waals surface area contributed by atoms with E-state index in [0.717, 1.165) is 16.8 Å². The van der Waals surface area contributed by atoms with E-state index in [1.165, 1.54) is 6.20 Å². The van der Waals surface area contributed by atoms with Crippen LogP contribution in [0.1, 0.15) is 29.8 Å². The number of aromatic amines is 1. The lowest BCUT2D eigenvalue weighted by Crippen LogP contribution is -2.33. The number of amides is 2. The number of aromatic nitrogens is 3. The van der Waals surface area contributed by atoms with Crippen LogP contribution >= 0.6 is 0 Å². The van der Waals surface area contributed by atoms with E-state index in [4.69, 9.17) is 0 Å². The van der Waals surface area contributed by atoms with Crippen molar-refractivity contribution >= 4 is 34.5 Å². The molecule has 1 aliphatic rings. The van der Waals surface area contributed by atoms with Gasteiger partial charge in [0.1, 0.15) is 0 Å². The molecule has 0 fully saturated rings. The van der Waals surface area contributed by atoms with Crippen molar-refractivity contribution in [3.05, 3.63) is 47.8 Å². The molecule has 0 saturated carbocycles. The van der Waals surface area contributed by atoms with Gasteiger partial charge in [0.2, 0.25) is 11.9 Å². The Balaban J connectivity index is 1.71. The molecular weight excluding hydrogens is 318 g/mol. The van der Waals surface area contributed by atoms with Crippen LogP contribution in [0.5, 0.6) is 0 Å². The number of nitrogens with one attached hydrogen (secondary N) is 2. The van der Waals surface area contributed by atoms with Crippen LogP contribution in [0.15, 0.2) is 36.7 Å². The Morgan fingerprint density at radius 3 is 2.84 bits per heavy atom. The molecular formula is C18H17N5O2. The summed E-state index contributed by atoms with van der Waals surface area (Å²) in [6, 6.07) is 7.18. The Morgan fingerprint density at radius 1 is 1.32 bits per heavy atom. The van der Waals surface area contributed by atoms with Crippen LogP contribution in [-0.4, -0.2) is 33.8 Å². The van der Waals surface area contributed by atoms with Gasteiger partial charge in [-0.2, -0.15) is 0 Å². The molecule has 25 heavy (non-hydrogen) atoms. The minimum absolute atomic E-state index is 0.0558. The summed E-state index contributed by atoms with van der Waals surface area (Å²) < 4.78 is 0. The zero-order valence-electron chi connectivity index (χ0n) is 14.1. The molecule has 0 radical (unpaired) electrons. The second kappa shape index (κ2) is 5.14. The van der Waals surface area contributed by atoms with Crippen molar-refractivity contribution in [3.63, 3.8) is 0 Å². The molecule has 7 heteroatoms. The first-order valence-electron chi connectivity index (χ1n) is 7.92. The Bertz CT molecular complexity index is 1010. The number of anilines is 2. The predicted molar refractivity (Wildman–Crippen MR) is 94.7 cm³/mol. The first kappa shape index (κ1) is 15.3. The van der Waals surface area contributed by atoms with Gasteiger partial charge in [0, 0.05) is 25.1 Å². The number of hydrogen-bond donors (Lipinski definition) is 2. The van der Waals surface area contributed by atoms with Gasteiger partial charge < -0.3 is 9.88 Å². The number of pyridine rings is 1. The zero-order valence-corrected chi connectivity index (χ0v) is 14.1. The molecule has 2 N–H and O–H groups in total. The van der Waals surface area contributed by atoms with Crippen LogP contribution in [-0.2, 0) is 10.2 Å². The maximum absolute atomic E-state index is 12.4. The largest absolute Gasteiger partial charge is 0.324 e. The maximum atomic E-state index is 12.4. The van der Waals surface area contributed by atoms with E-state index in [2.05, 4.69) is 20.3 Å². The SMILES string of the molecule is CN1C(=O)C(C)(C)c2cc3[nH]c(NC(=O)c4cccnc4)nc3cc21. The average molecular weight is 335 g/mol. The molecule has 3 aromatic rings. The average Bonchev–Trinajstić information content (AvgIpc) is 3.07. The summed E-state index contributed by atoms with van der Waals surface area (Å²) in [6.45, 7) is 3.82. The monoisotopic (exact) mass is 335 g/mol. The van der Waals surface area contributed by atoms with Crippen molar-refractivity contribution < 1.29 is 9.59 Å². The number of likely N-dealkylation sites (N-methyl/N-ethyl adjacent to an activating group) is 1. The minimum Gasteiger partial charge on any atom is -0.324 e. The Morgan fingerprint density at radius 2 is 2.12 bits per heavy atom. The van der Waals surface area contributed by atoms with E-state index in [9.17, 15) is 9.59 Å².